The number of aromatic carboxylic acids is 1. The van der Waals surface area contributed by atoms with Crippen LogP contribution < -0.4 is 4.90 Å². The first-order chi connectivity index (χ1) is 10.1. The number of hydrogen-bond acceptors (Lipinski definition) is 3. The van der Waals surface area contributed by atoms with Crippen molar-refractivity contribution < 1.29 is 9.90 Å². The Bertz CT molecular complexity index is 671. The van der Waals surface area contributed by atoms with E-state index in [2.05, 4.69) is 23.0 Å². The summed E-state index contributed by atoms with van der Waals surface area (Å²) in [4.78, 5) is 17.6. The van der Waals surface area contributed by atoms with Crippen molar-refractivity contribution in [1.29, 1.82) is 0 Å². The number of nitrogens with zero attached hydrogens (tertiary/aromatic N) is 3. The molecule has 0 aliphatic heterocycles. The number of hydrogen-bond donors (Lipinski definition) is 1. The molecule has 0 spiro atoms. The molecule has 1 aliphatic carbocycles. The SMILES string of the molecule is Cc1cc(N(C)C2CCCCC2)cn2cc(C(=O)O)nc12. The molecule has 0 radical (unpaired) electrons. The van der Waals surface area contributed by atoms with Gasteiger partial charge >= 0.3 is 5.97 Å². The molecule has 1 saturated carbocycles. The number of rotatable bonds is 3. The Morgan fingerprint density at radius 3 is 2.71 bits per heavy atom. The fourth-order valence-corrected chi connectivity index (χ4v) is 3.23. The van der Waals surface area contributed by atoms with Gasteiger partial charge in [0, 0.05) is 25.5 Å². The lowest BCUT2D eigenvalue weighted by Gasteiger charge is -2.33. The van der Waals surface area contributed by atoms with Crippen LogP contribution in [0.2, 0.25) is 0 Å². The van der Waals surface area contributed by atoms with Gasteiger partial charge in [0.1, 0.15) is 5.65 Å². The van der Waals surface area contributed by atoms with Crippen LogP contribution in [-0.2, 0) is 0 Å². The summed E-state index contributed by atoms with van der Waals surface area (Å²) in [6.45, 7) is 1.98. The molecule has 0 atom stereocenters. The smallest absolute Gasteiger partial charge is 0.356 e. The molecule has 1 N–H and O–H groups in total. The molecule has 112 valence electrons. The summed E-state index contributed by atoms with van der Waals surface area (Å²) in [7, 11) is 2.13. The minimum absolute atomic E-state index is 0.0931. The molecule has 0 saturated heterocycles. The summed E-state index contributed by atoms with van der Waals surface area (Å²) in [6, 6.07) is 2.68. The highest BCUT2D eigenvalue weighted by Crippen LogP contribution is 2.27. The first kappa shape index (κ1) is 13.9. The average Bonchev–Trinajstić information content (AvgIpc) is 2.92. The Kier molecular flexibility index (Phi) is 3.57. The van der Waals surface area contributed by atoms with Crippen LogP contribution in [0.1, 0.15) is 48.2 Å². The molecule has 0 aromatic carbocycles. The number of carbonyl (C=O) groups is 1. The molecule has 21 heavy (non-hydrogen) atoms. The van der Waals surface area contributed by atoms with Gasteiger partial charge in [-0.05, 0) is 31.4 Å². The second-order valence-electron chi connectivity index (χ2n) is 5.95. The first-order valence-corrected chi connectivity index (χ1v) is 7.52. The summed E-state index contributed by atoms with van der Waals surface area (Å²) >= 11 is 0. The van der Waals surface area contributed by atoms with E-state index in [4.69, 9.17) is 5.11 Å². The lowest BCUT2D eigenvalue weighted by atomic mass is 9.94. The molecule has 2 aromatic heterocycles. The van der Waals surface area contributed by atoms with Crippen LogP contribution in [0.5, 0.6) is 0 Å². The van der Waals surface area contributed by atoms with E-state index in [0.717, 1.165) is 11.3 Å². The van der Waals surface area contributed by atoms with Crippen molar-refractivity contribution in [3.05, 3.63) is 29.7 Å². The predicted octanol–water partition coefficient (Wildman–Crippen LogP) is 3.11. The summed E-state index contributed by atoms with van der Waals surface area (Å²) in [5.74, 6) is -0.986. The number of carboxylic acid groups (broad SMARTS) is 1. The summed E-state index contributed by atoms with van der Waals surface area (Å²) in [6.07, 6.45) is 9.97. The number of anilines is 1. The molecule has 3 rings (SSSR count). The number of pyridine rings is 1. The highest BCUT2D eigenvalue weighted by molar-refractivity contribution is 5.86. The van der Waals surface area contributed by atoms with E-state index in [1.165, 1.54) is 32.1 Å². The van der Waals surface area contributed by atoms with Gasteiger partial charge in [-0.1, -0.05) is 19.3 Å². The minimum atomic E-state index is -0.986. The third-order valence-corrected chi connectivity index (χ3v) is 4.47. The van der Waals surface area contributed by atoms with Crippen LogP contribution in [0.15, 0.2) is 18.5 Å². The molecule has 5 heteroatoms. The quantitative estimate of drug-likeness (QED) is 0.942. The normalized spacial score (nSPS) is 16.3. The fraction of sp³-hybridized carbons (Fsp3) is 0.500. The van der Waals surface area contributed by atoms with Gasteiger partial charge in [0.15, 0.2) is 5.69 Å². The zero-order valence-electron chi connectivity index (χ0n) is 12.5. The van der Waals surface area contributed by atoms with Gasteiger partial charge in [-0.25, -0.2) is 9.78 Å². The maximum Gasteiger partial charge on any atom is 0.356 e. The largest absolute Gasteiger partial charge is 0.476 e. The van der Waals surface area contributed by atoms with E-state index in [0.29, 0.717) is 11.7 Å². The van der Waals surface area contributed by atoms with Gasteiger partial charge in [0.25, 0.3) is 0 Å². The molecule has 2 aromatic rings. The highest BCUT2D eigenvalue weighted by atomic mass is 16.4. The topological polar surface area (TPSA) is 57.8 Å². The second-order valence-corrected chi connectivity index (χ2v) is 5.95. The average molecular weight is 287 g/mol. The van der Waals surface area contributed by atoms with Crippen molar-refractivity contribution in [1.82, 2.24) is 9.38 Å². The van der Waals surface area contributed by atoms with Crippen LogP contribution >= 0.6 is 0 Å². The summed E-state index contributed by atoms with van der Waals surface area (Å²) in [5, 5.41) is 9.07. The zero-order chi connectivity index (χ0) is 15.0. The third kappa shape index (κ3) is 2.60. The highest BCUT2D eigenvalue weighted by Gasteiger charge is 2.19. The van der Waals surface area contributed by atoms with Crippen molar-refractivity contribution >= 4 is 17.3 Å². The predicted molar refractivity (Wildman–Crippen MR) is 82.2 cm³/mol. The van der Waals surface area contributed by atoms with Gasteiger partial charge in [-0.15, -0.1) is 0 Å². The number of aryl methyl sites for hydroxylation is 1. The van der Waals surface area contributed by atoms with Gasteiger partial charge in [-0.2, -0.15) is 0 Å². The van der Waals surface area contributed by atoms with E-state index in [9.17, 15) is 4.79 Å². The molecular weight excluding hydrogens is 266 g/mol. The Balaban J connectivity index is 1.97. The van der Waals surface area contributed by atoms with Crippen molar-refractivity contribution in [2.24, 2.45) is 0 Å². The maximum atomic E-state index is 11.1. The maximum absolute atomic E-state index is 11.1. The number of imidazole rings is 1. The van der Waals surface area contributed by atoms with Crippen LogP contribution in [0.3, 0.4) is 0 Å². The molecule has 1 fully saturated rings. The van der Waals surface area contributed by atoms with Crippen molar-refractivity contribution in [2.75, 3.05) is 11.9 Å². The van der Waals surface area contributed by atoms with Gasteiger partial charge in [-0.3, -0.25) is 0 Å². The molecule has 5 nitrogen and oxygen atoms in total. The van der Waals surface area contributed by atoms with Crippen molar-refractivity contribution in [3.63, 3.8) is 0 Å². The number of fused-ring (bicyclic) bond motifs is 1. The molecular formula is C16H21N3O2. The van der Waals surface area contributed by atoms with Crippen LogP contribution in [0.4, 0.5) is 5.69 Å². The van der Waals surface area contributed by atoms with Crippen molar-refractivity contribution in [3.8, 4) is 0 Å². The summed E-state index contributed by atoms with van der Waals surface area (Å²) < 4.78 is 1.83. The van der Waals surface area contributed by atoms with Crippen LogP contribution in [0, 0.1) is 6.92 Å². The first-order valence-electron chi connectivity index (χ1n) is 7.52. The van der Waals surface area contributed by atoms with Gasteiger partial charge in [0.2, 0.25) is 0 Å². The van der Waals surface area contributed by atoms with E-state index < -0.39 is 5.97 Å². The monoisotopic (exact) mass is 287 g/mol. The van der Waals surface area contributed by atoms with E-state index in [1.807, 2.05) is 17.5 Å². The number of carboxylic acids is 1. The summed E-state index contributed by atoms with van der Waals surface area (Å²) in [5.41, 5.74) is 2.94. The molecule has 0 amide bonds. The van der Waals surface area contributed by atoms with Crippen LogP contribution in [-0.4, -0.2) is 33.6 Å². The Labute approximate surface area is 124 Å². The van der Waals surface area contributed by atoms with Gasteiger partial charge in [0.05, 0.1) is 5.69 Å². The Hall–Kier alpha value is -2.04. The fourth-order valence-electron chi connectivity index (χ4n) is 3.23. The lowest BCUT2D eigenvalue weighted by molar-refractivity contribution is 0.0691. The lowest BCUT2D eigenvalue weighted by Crippen LogP contribution is -2.33. The number of aromatic nitrogens is 2. The van der Waals surface area contributed by atoms with Crippen LogP contribution in [0.25, 0.3) is 5.65 Å². The standard InChI is InChI=1S/C16H21N3O2/c1-11-8-13(18(2)12-6-4-3-5-7-12)9-19-10-14(16(20)21)17-15(11)19/h8-10,12H,3-7H2,1-2H3,(H,20,21). The van der Waals surface area contributed by atoms with Crippen molar-refractivity contribution in [2.45, 2.75) is 45.1 Å². The van der Waals surface area contributed by atoms with Gasteiger partial charge < -0.3 is 14.4 Å². The minimum Gasteiger partial charge on any atom is -0.476 e. The van der Waals surface area contributed by atoms with E-state index in [1.54, 1.807) is 6.20 Å². The molecule has 1 aliphatic rings. The van der Waals surface area contributed by atoms with E-state index in [-0.39, 0.29) is 5.69 Å². The Morgan fingerprint density at radius 1 is 1.33 bits per heavy atom. The zero-order valence-corrected chi connectivity index (χ0v) is 12.5. The third-order valence-electron chi connectivity index (χ3n) is 4.47. The molecule has 2 heterocycles. The van der Waals surface area contributed by atoms with E-state index >= 15 is 0 Å². The molecule has 0 bridgehead atoms. The second kappa shape index (κ2) is 5.39. The Morgan fingerprint density at radius 2 is 2.05 bits per heavy atom. The molecule has 0 unspecified atom stereocenters.